The molecule has 0 radical (unpaired) electrons. The number of alkyl halides is 2. The molecule has 0 atom stereocenters. The van der Waals surface area contributed by atoms with Gasteiger partial charge < -0.3 is 14.6 Å². The fraction of sp³-hybridized carbons (Fsp3) is 0.368. The van der Waals surface area contributed by atoms with Crippen LogP contribution < -0.4 is 10.3 Å². The Bertz CT molecular complexity index is 922. The third-order valence-electron chi connectivity index (χ3n) is 4.71. The highest BCUT2D eigenvalue weighted by Gasteiger charge is 2.28. The van der Waals surface area contributed by atoms with Gasteiger partial charge in [0.05, 0.1) is 6.54 Å². The smallest absolute Gasteiger partial charge is 0.387 e. The highest BCUT2D eigenvalue weighted by Crippen LogP contribution is 2.30. The Labute approximate surface area is 149 Å². The summed E-state index contributed by atoms with van der Waals surface area (Å²) in [4.78, 5) is 29.5. The molecule has 1 aromatic carbocycles. The molecular weight excluding hydrogens is 342 g/mol. The summed E-state index contributed by atoms with van der Waals surface area (Å²) < 4.78 is 29.6. The number of carbonyl (C=O) groups excluding carboxylic acids is 1. The molecule has 26 heavy (non-hydrogen) atoms. The van der Waals surface area contributed by atoms with Crippen LogP contribution in [0.25, 0.3) is 0 Å². The number of aromatic nitrogens is 1. The molecule has 3 rings (SSSR count). The molecular formula is C19H20F2N2O3. The van der Waals surface area contributed by atoms with Gasteiger partial charge in [0, 0.05) is 28.9 Å². The molecule has 1 amide bonds. The van der Waals surface area contributed by atoms with Crippen LogP contribution in [0.5, 0.6) is 5.75 Å². The van der Waals surface area contributed by atoms with Crippen molar-refractivity contribution in [1.29, 1.82) is 0 Å². The van der Waals surface area contributed by atoms with Crippen LogP contribution in [0.3, 0.4) is 0 Å². The number of carbonyl (C=O) groups is 1. The predicted molar refractivity (Wildman–Crippen MR) is 92.8 cm³/mol. The Hall–Kier alpha value is -2.70. The number of nitrogens with zero attached hydrogens (tertiary/aromatic N) is 1. The van der Waals surface area contributed by atoms with Crippen molar-refractivity contribution in [3.63, 3.8) is 0 Å². The van der Waals surface area contributed by atoms with E-state index < -0.39 is 6.61 Å². The van der Waals surface area contributed by atoms with E-state index in [0.29, 0.717) is 29.7 Å². The molecule has 1 aliphatic heterocycles. The van der Waals surface area contributed by atoms with Gasteiger partial charge in [-0.15, -0.1) is 0 Å². The van der Waals surface area contributed by atoms with Crippen LogP contribution >= 0.6 is 0 Å². The predicted octanol–water partition coefficient (Wildman–Crippen LogP) is 3.10. The number of fused-ring (bicyclic) bond motifs is 1. The lowest BCUT2D eigenvalue weighted by molar-refractivity contribution is -0.0503. The highest BCUT2D eigenvalue weighted by molar-refractivity contribution is 5.98. The first-order valence-corrected chi connectivity index (χ1v) is 8.34. The molecule has 0 bridgehead atoms. The number of ether oxygens (including phenoxy) is 1. The molecule has 0 aliphatic carbocycles. The van der Waals surface area contributed by atoms with Gasteiger partial charge in [0.15, 0.2) is 0 Å². The zero-order chi connectivity index (χ0) is 19.0. The van der Waals surface area contributed by atoms with Crippen molar-refractivity contribution < 1.29 is 18.3 Å². The van der Waals surface area contributed by atoms with Crippen molar-refractivity contribution in [2.45, 2.75) is 40.3 Å². The van der Waals surface area contributed by atoms with Crippen molar-refractivity contribution in [2.75, 3.05) is 6.54 Å². The number of halogens is 2. The Balaban J connectivity index is 1.94. The molecule has 0 saturated carbocycles. The number of rotatable bonds is 4. The third kappa shape index (κ3) is 3.34. The van der Waals surface area contributed by atoms with Gasteiger partial charge in [-0.05, 0) is 50.5 Å². The molecule has 1 aromatic heterocycles. The molecule has 0 saturated heterocycles. The Morgan fingerprint density at radius 2 is 1.96 bits per heavy atom. The molecule has 2 heterocycles. The fourth-order valence-electron chi connectivity index (χ4n) is 3.41. The topological polar surface area (TPSA) is 62.4 Å². The standard InChI is InChI=1S/C19H20F2N2O3/c1-10-8-11(2)22-17(24)14(10)9-23-7-6-13-4-5-15(26-19(20)21)12(3)16(13)18(23)25/h4-5,8,19H,6-7,9H2,1-3H3,(H,22,24). The van der Waals surface area contributed by atoms with Gasteiger partial charge in [-0.25, -0.2) is 0 Å². The number of hydrogen-bond donors (Lipinski definition) is 1. The van der Waals surface area contributed by atoms with E-state index in [4.69, 9.17) is 0 Å². The molecule has 1 N–H and O–H groups in total. The Morgan fingerprint density at radius 3 is 2.62 bits per heavy atom. The monoisotopic (exact) mass is 362 g/mol. The largest absolute Gasteiger partial charge is 0.435 e. The molecule has 7 heteroatoms. The minimum atomic E-state index is -2.95. The number of hydrogen-bond acceptors (Lipinski definition) is 3. The van der Waals surface area contributed by atoms with Gasteiger partial charge >= 0.3 is 6.61 Å². The number of amides is 1. The van der Waals surface area contributed by atoms with E-state index in [2.05, 4.69) is 9.72 Å². The molecule has 0 fully saturated rings. The van der Waals surface area contributed by atoms with E-state index in [0.717, 1.165) is 16.8 Å². The second-order valence-electron chi connectivity index (χ2n) is 6.52. The molecule has 138 valence electrons. The number of benzene rings is 1. The zero-order valence-corrected chi connectivity index (χ0v) is 14.9. The van der Waals surface area contributed by atoms with Gasteiger partial charge in [0.25, 0.3) is 11.5 Å². The average molecular weight is 362 g/mol. The molecule has 0 spiro atoms. The van der Waals surface area contributed by atoms with Crippen molar-refractivity contribution in [1.82, 2.24) is 9.88 Å². The van der Waals surface area contributed by atoms with E-state index in [1.54, 1.807) is 24.8 Å². The molecule has 0 unspecified atom stereocenters. The lowest BCUT2D eigenvalue weighted by atomic mass is 9.93. The minimum absolute atomic E-state index is 0.00156. The first-order chi connectivity index (χ1) is 12.3. The summed E-state index contributed by atoms with van der Waals surface area (Å²) >= 11 is 0. The maximum absolute atomic E-state index is 12.9. The SMILES string of the molecule is Cc1cc(C)c(CN2CCc3ccc(OC(F)F)c(C)c3C2=O)c(=O)[nH]1. The fourth-order valence-corrected chi connectivity index (χ4v) is 3.41. The van der Waals surface area contributed by atoms with Gasteiger partial charge in [-0.2, -0.15) is 8.78 Å². The van der Waals surface area contributed by atoms with Gasteiger partial charge in [0.1, 0.15) is 5.75 Å². The maximum atomic E-state index is 12.9. The van der Waals surface area contributed by atoms with E-state index in [-0.39, 0.29) is 23.8 Å². The van der Waals surface area contributed by atoms with Crippen molar-refractivity contribution >= 4 is 5.91 Å². The van der Waals surface area contributed by atoms with Crippen LogP contribution in [-0.4, -0.2) is 28.9 Å². The first kappa shape index (κ1) is 18.1. The van der Waals surface area contributed by atoms with Crippen LogP contribution in [0.2, 0.25) is 0 Å². The maximum Gasteiger partial charge on any atom is 0.387 e. The van der Waals surface area contributed by atoms with Crippen LogP contribution in [0.4, 0.5) is 8.78 Å². The van der Waals surface area contributed by atoms with Crippen molar-refractivity contribution in [3.05, 3.63) is 62.1 Å². The van der Waals surface area contributed by atoms with Gasteiger partial charge in [-0.1, -0.05) is 6.07 Å². The number of aromatic amines is 1. The summed E-state index contributed by atoms with van der Waals surface area (Å²) in [5.41, 5.74) is 3.48. The number of pyridine rings is 1. The second-order valence-corrected chi connectivity index (χ2v) is 6.52. The van der Waals surface area contributed by atoms with Gasteiger partial charge in [-0.3, -0.25) is 9.59 Å². The van der Waals surface area contributed by atoms with E-state index >= 15 is 0 Å². The average Bonchev–Trinajstić information content (AvgIpc) is 2.54. The first-order valence-electron chi connectivity index (χ1n) is 8.34. The minimum Gasteiger partial charge on any atom is -0.435 e. The number of aryl methyl sites for hydroxylation is 2. The van der Waals surface area contributed by atoms with Crippen LogP contribution in [0, 0.1) is 20.8 Å². The summed E-state index contributed by atoms with van der Waals surface area (Å²) in [5.74, 6) is -0.277. The lowest BCUT2D eigenvalue weighted by Crippen LogP contribution is -2.39. The number of H-pyrrole nitrogens is 1. The summed E-state index contributed by atoms with van der Waals surface area (Å²) in [6, 6.07) is 4.98. The van der Waals surface area contributed by atoms with E-state index in [9.17, 15) is 18.4 Å². The van der Waals surface area contributed by atoms with Crippen molar-refractivity contribution in [2.24, 2.45) is 0 Å². The zero-order valence-electron chi connectivity index (χ0n) is 14.9. The summed E-state index contributed by atoms with van der Waals surface area (Å²) in [6.07, 6.45) is 0.597. The second kappa shape index (κ2) is 6.90. The summed E-state index contributed by atoms with van der Waals surface area (Å²) in [7, 11) is 0. The van der Waals surface area contributed by atoms with Crippen LogP contribution in [-0.2, 0) is 13.0 Å². The Morgan fingerprint density at radius 1 is 1.23 bits per heavy atom. The lowest BCUT2D eigenvalue weighted by Gasteiger charge is -2.30. The molecule has 5 nitrogen and oxygen atoms in total. The number of nitrogens with one attached hydrogen (secondary N) is 1. The normalized spacial score (nSPS) is 13.9. The van der Waals surface area contributed by atoms with E-state index in [1.165, 1.54) is 6.07 Å². The Kier molecular flexibility index (Phi) is 4.80. The van der Waals surface area contributed by atoms with Crippen LogP contribution in [0.1, 0.15) is 38.3 Å². The third-order valence-corrected chi connectivity index (χ3v) is 4.71. The summed E-state index contributed by atoms with van der Waals surface area (Å²) in [6.45, 7) is 2.93. The molecule has 1 aliphatic rings. The van der Waals surface area contributed by atoms with Crippen molar-refractivity contribution in [3.8, 4) is 5.75 Å². The van der Waals surface area contributed by atoms with Gasteiger partial charge in [0.2, 0.25) is 0 Å². The van der Waals surface area contributed by atoms with E-state index in [1.807, 2.05) is 13.0 Å². The molecule has 2 aromatic rings. The quantitative estimate of drug-likeness (QED) is 0.909. The summed E-state index contributed by atoms with van der Waals surface area (Å²) in [5, 5.41) is 0. The van der Waals surface area contributed by atoms with Crippen LogP contribution in [0.15, 0.2) is 23.0 Å². The highest BCUT2D eigenvalue weighted by atomic mass is 19.3.